The van der Waals surface area contributed by atoms with Gasteiger partial charge in [-0.2, -0.15) is 0 Å². The van der Waals surface area contributed by atoms with Gasteiger partial charge in [0.15, 0.2) is 10.3 Å². The molecule has 0 unspecified atom stereocenters. The van der Waals surface area contributed by atoms with Crippen LogP contribution in [0.3, 0.4) is 0 Å². The molecule has 0 atom stereocenters. The Hall–Kier alpha value is -3.95. The molecule has 0 aliphatic heterocycles. The molecule has 15 heteroatoms. The number of rotatable bonds is 9. The van der Waals surface area contributed by atoms with E-state index in [9.17, 15) is 14.7 Å². The second-order valence-corrected chi connectivity index (χ2v) is 11.0. The molecule has 0 radical (unpaired) electrons. The van der Waals surface area contributed by atoms with Crippen molar-refractivity contribution < 1.29 is 14.7 Å². The summed E-state index contributed by atoms with van der Waals surface area (Å²) in [4.78, 5) is 29.3. The van der Waals surface area contributed by atoms with Crippen LogP contribution < -0.4 is 10.6 Å². The molecule has 0 saturated carbocycles. The lowest BCUT2D eigenvalue weighted by atomic mass is 10.2. The predicted molar refractivity (Wildman–Crippen MR) is 147 cm³/mol. The summed E-state index contributed by atoms with van der Waals surface area (Å²) < 4.78 is 4.34. The summed E-state index contributed by atoms with van der Waals surface area (Å²) >= 11 is 3.96. The van der Waals surface area contributed by atoms with E-state index >= 15 is 0 Å². The molecular weight excluding hydrogens is 547 g/mol. The molecule has 2 aromatic carbocycles. The molecule has 0 aliphatic rings. The zero-order chi connectivity index (χ0) is 26.6. The number of phenolic OH excluding ortho intramolecular Hbond substituents is 1. The first-order chi connectivity index (χ1) is 18.4. The van der Waals surface area contributed by atoms with Crippen LogP contribution in [0, 0.1) is 0 Å². The molecule has 5 aromatic rings. The minimum absolute atomic E-state index is 0.00265. The number of fused-ring (bicyclic) bond motifs is 1. The summed E-state index contributed by atoms with van der Waals surface area (Å²) in [5, 5.41) is 33.7. The number of nitrogens with zero attached hydrogens (tertiary/aromatic N) is 7. The van der Waals surface area contributed by atoms with Crippen LogP contribution in [0.4, 0.5) is 11.4 Å². The molecule has 0 spiro atoms. The van der Waals surface area contributed by atoms with Gasteiger partial charge in [-0.25, -0.2) is 4.98 Å². The first-order valence-electron chi connectivity index (χ1n) is 11.1. The lowest BCUT2D eigenvalue weighted by Gasteiger charge is -2.07. The summed E-state index contributed by atoms with van der Waals surface area (Å²) in [6, 6.07) is 10.4. The van der Waals surface area contributed by atoms with Gasteiger partial charge in [-0.05, 0) is 30.3 Å². The zero-order valence-corrected chi connectivity index (χ0v) is 22.6. The van der Waals surface area contributed by atoms with Crippen molar-refractivity contribution in [3.05, 3.63) is 49.1 Å². The van der Waals surface area contributed by atoms with Crippen molar-refractivity contribution in [3.63, 3.8) is 0 Å². The molecule has 2 amide bonds. The van der Waals surface area contributed by atoms with Gasteiger partial charge in [0.1, 0.15) is 23.4 Å². The van der Waals surface area contributed by atoms with E-state index in [0.717, 1.165) is 10.2 Å². The van der Waals surface area contributed by atoms with Crippen LogP contribution in [-0.4, -0.2) is 62.9 Å². The first-order valence-corrected chi connectivity index (χ1v) is 13.9. The van der Waals surface area contributed by atoms with Crippen molar-refractivity contribution in [2.75, 3.05) is 22.1 Å². The zero-order valence-electron chi connectivity index (χ0n) is 20.2. The highest BCUT2D eigenvalue weighted by Crippen LogP contribution is 2.37. The molecule has 0 fully saturated rings. The molecule has 12 nitrogen and oxygen atoms in total. The number of anilines is 2. The van der Waals surface area contributed by atoms with Crippen LogP contribution in [0.1, 0.15) is 0 Å². The molecule has 3 aromatic heterocycles. The van der Waals surface area contributed by atoms with E-state index in [1.807, 2.05) is 19.2 Å². The van der Waals surface area contributed by atoms with E-state index in [1.165, 1.54) is 40.9 Å². The van der Waals surface area contributed by atoms with Gasteiger partial charge in [-0.3, -0.25) is 9.59 Å². The summed E-state index contributed by atoms with van der Waals surface area (Å²) in [6.07, 6.45) is 3.15. The quantitative estimate of drug-likeness (QED) is 0.226. The maximum absolute atomic E-state index is 12.4. The summed E-state index contributed by atoms with van der Waals surface area (Å²) in [5.74, 6) is -0.0297. The fourth-order valence-electron chi connectivity index (χ4n) is 3.37. The van der Waals surface area contributed by atoms with Crippen molar-refractivity contribution in [2.24, 2.45) is 14.1 Å². The highest BCUT2D eigenvalue weighted by Gasteiger charge is 2.14. The smallest absolute Gasteiger partial charge is 0.234 e. The molecule has 3 N–H and O–H groups in total. The Balaban J connectivity index is 1.22. The first kappa shape index (κ1) is 25.7. The van der Waals surface area contributed by atoms with E-state index in [2.05, 4.69) is 36.0 Å². The minimum atomic E-state index is -0.227. The van der Waals surface area contributed by atoms with E-state index in [1.54, 1.807) is 47.0 Å². The Labute approximate surface area is 228 Å². The monoisotopic (exact) mass is 567 g/mol. The van der Waals surface area contributed by atoms with Gasteiger partial charge < -0.3 is 24.9 Å². The number of aromatic nitrogens is 7. The van der Waals surface area contributed by atoms with Gasteiger partial charge in [-0.15, -0.1) is 31.7 Å². The van der Waals surface area contributed by atoms with Gasteiger partial charge in [0.2, 0.25) is 11.8 Å². The molecule has 0 bridgehead atoms. The molecule has 5 rings (SSSR count). The number of amides is 2. The van der Waals surface area contributed by atoms with Crippen LogP contribution in [-0.2, 0) is 23.7 Å². The number of thioether (sulfide) groups is 2. The average Bonchev–Trinajstić information content (AvgIpc) is 3.61. The predicted octanol–water partition coefficient (Wildman–Crippen LogP) is 3.39. The van der Waals surface area contributed by atoms with Gasteiger partial charge >= 0.3 is 0 Å². The fourth-order valence-corrected chi connectivity index (χ4v) is 5.78. The fraction of sp³-hybridized carbons (Fsp3) is 0.174. The Kier molecular flexibility index (Phi) is 7.57. The second kappa shape index (κ2) is 11.2. The van der Waals surface area contributed by atoms with Gasteiger partial charge in [-0.1, -0.05) is 23.5 Å². The molecule has 0 saturated heterocycles. The molecule has 3 heterocycles. The van der Waals surface area contributed by atoms with Crippen molar-refractivity contribution >= 4 is 68.3 Å². The van der Waals surface area contributed by atoms with Gasteiger partial charge in [0, 0.05) is 31.5 Å². The summed E-state index contributed by atoms with van der Waals surface area (Å²) in [7, 11) is 3.62. The number of aromatic hydroxyl groups is 1. The normalized spacial score (nSPS) is 11.1. The molecule has 38 heavy (non-hydrogen) atoms. The van der Waals surface area contributed by atoms with Gasteiger partial charge in [0.05, 0.1) is 27.3 Å². The van der Waals surface area contributed by atoms with Crippen LogP contribution >= 0.6 is 34.9 Å². The van der Waals surface area contributed by atoms with Crippen LogP contribution in [0.25, 0.3) is 20.8 Å². The Morgan fingerprint density at radius 2 is 1.47 bits per heavy atom. The highest BCUT2D eigenvalue weighted by molar-refractivity contribution is 8.00. The van der Waals surface area contributed by atoms with Crippen LogP contribution in [0.15, 0.2) is 59.4 Å². The molecule has 194 valence electrons. The van der Waals surface area contributed by atoms with Crippen molar-refractivity contribution in [1.82, 2.24) is 34.5 Å². The lowest BCUT2D eigenvalue weighted by Crippen LogP contribution is -2.14. The van der Waals surface area contributed by atoms with Crippen molar-refractivity contribution in [1.29, 1.82) is 0 Å². The number of carbonyl (C=O) groups is 2. The number of hydrogen-bond acceptors (Lipinski definition) is 11. The van der Waals surface area contributed by atoms with E-state index in [-0.39, 0.29) is 29.1 Å². The standard InChI is InChI=1S/C23H21N9O3S3/c1-31-11-24-29-22(31)36-9-19(34)26-13-3-5-15(17(33)7-13)21-28-16-6-4-14(8-18(16)38-21)27-20(35)10-37-23-30-25-12-32(23)2/h3-8,11-12,33H,9-10H2,1-2H3,(H,26,34)(H,27,35). The SMILES string of the molecule is Cn1cnnc1SCC(=O)Nc1ccc(-c2nc3ccc(NC(=O)CSc4nncn4C)cc3s2)c(O)c1. The molecular formula is C23H21N9O3S3. The lowest BCUT2D eigenvalue weighted by molar-refractivity contribution is -0.114. The number of hydrogen-bond donors (Lipinski definition) is 3. The number of nitrogens with one attached hydrogen (secondary N) is 2. The highest BCUT2D eigenvalue weighted by atomic mass is 32.2. The number of phenols is 1. The summed E-state index contributed by atoms with van der Waals surface area (Å²) in [6.45, 7) is 0. The third-order valence-electron chi connectivity index (χ3n) is 5.19. The number of aryl methyl sites for hydroxylation is 2. The average molecular weight is 568 g/mol. The Bertz CT molecular complexity index is 1630. The van der Waals surface area contributed by atoms with E-state index < -0.39 is 0 Å². The third kappa shape index (κ3) is 5.95. The third-order valence-corrected chi connectivity index (χ3v) is 8.31. The Morgan fingerprint density at radius 3 is 2.03 bits per heavy atom. The number of thiazole rings is 1. The molecule has 0 aliphatic carbocycles. The number of benzene rings is 2. The summed E-state index contributed by atoms with van der Waals surface area (Å²) in [5.41, 5.74) is 2.41. The topological polar surface area (TPSA) is 153 Å². The van der Waals surface area contributed by atoms with Crippen molar-refractivity contribution in [3.8, 4) is 16.3 Å². The Morgan fingerprint density at radius 1 is 0.895 bits per heavy atom. The van der Waals surface area contributed by atoms with E-state index in [0.29, 0.717) is 32.3 Å². The largest absolute Gasteiger partial charge is 0.507 e. The van der Waals surface area contributed by atoms with Crippen LogP contribution in [0.2, 0.25) is 0 Å². The van der Waals surface area contributed by atoms with Crippen molar-refractivity contribution in [2.45, 2.75) is 10.3 Å². The number of carbonyl (C=O) groups excluding carboxylic acids is 2. The second-order valence-electron chi connectivity index (χ2n) is 8.06. The maximum Gasteiger partial charge on any atom is 0.234 e. The maximum atomic E-state index is 12.4. The van der Waals surface area contributed by atoms with Gasteiger partial charge in [0.25, 0.3) is 0 Å². The van der Waals surface area contributed by atoms with E-state index in [4.69, 9.17) is 0 Å². The van der Waals surface area contributed by atoms with Crippen LogP contribution in [0.5, 0.6) is 5.75 Å². The minimum Gasteiger partial charge on any atom is -0.507 e.